The van der Waals surface area contributed by atoms with Gasteiger partial charge in [0.25, 0.3) is 11.8 Å². The first kappa shape index (κ1) is 26.9. The van der Waals surface area contributed by atoms with Gasteiger partial charge in [-0.05, 0) is 79.9 Å². The summed E-state index contributed by atoms with van der Waals surface area (Å²) in [6.07, 6.45) is 1.77. The lowest BCUT2D eigenvalue weighted by molar-refractivity contribution is -0.118. The van der Waals surface area contributed by atoms with E-state index < -0.39 is 0 Å². The lowest BCUT2D eigenvalue weighted by atomic mass is 10.1. The number of thiocarbonyl (C=S) groups is 1. The first-order valence-electron chi connectivity index (χ1n) is 11.4. The number of hydrogen-bond acceptors (Lipinski definition) is 6. The summed E-state index contributed by atoms with van der Waals surface area (Å²) in [5.41, 5.74) is 5.38. The Hall–Kier alpha value is -3.14. The number of benzene rings is 3. The Kier molecular flexibility index (Phi) is 8.36. The normalized spacial score (nSPS) is 14.3. The highest BCUT2D eigenvalue weighted by Gasteiger charge is 2.33. The zero-order valence-corrected chi connectivity index (χ0v) is 24.0. The maximum Gasteiger partial charge on any atom is 0.270 e. The fourth-order valence-corrected chi connectivity index (χ4v) is 5.41. The standard InChI is InChI=1S/C28H25BrN2O4S2/c1-16-5-8-20(9-6-16)31-27(33)25(37-28(31)36)14-19-7-12-23(24(13-19)34-4)35-15-26(32)30-22-11-10-21(29)17(2)18(22)3/h5-14H,15H2,1-4H3,(H,30,32)/b25-14-. The number of carbonyl (C=O) groups is 2. The molecule has 1 heterocycles. The van der Waals surface area contributed by atoms with Gasteiger partial charge in [-0.15, -0.1) is 0 Å². The van der Waals surface area contributed by atoms with Crippen LogP contribution in [0.5, 0.6) is 11.5 Å². The molecule has 6 nitrogen and oxygen atoms in total. The van der Waals surface area contributed by atoms with Crippen LogP contribution in [0.15, 0.2) is 64.0 Å². The minimum atomic E-state index is -0.282. The van der Waals surface area contributed by atoms with Crippen molar-refractivity contribution in [3.63, 3.8) is 0 Å². The van der Waals surface area contributed by atoms with Crippen molar-refractivity contribution in [1.82, 2.24) is 0 Å². The molecule has 0 unspecified atom stereocenters. The highest BCUT2D eigenvalue weighted by Crippen LogP contribution is 2.37. The maximum absolute atomic E-state index is 13.1. The number of ether oxygens (including phenoxy) is 2. The summed E-state index contributed by atoms with van der Waals surface area (Å²) in [4.78, 5) is 27.6. The van der Waals surface area contributed by atoms with Crippen molar-refractivity contribution < 1.29 is 19.1 Å². The van der Waals surface area contributed by atoms with Crippen LogP contribution in [0.1, 0.15) is 22.3 Å². The van der Waals surface area contributed by atoms with Crippen LogP contribution in [0.3, 0.4) is 0 Å². The molecule has 0 atom stereocenters. The van der Waals surface area contributed by atoms with Crippen LogP contribution < -0.4 is 19.7 Å². The van der Waals surface area contributed by atoms with Crippen molar-refractivity contribution >= 4 is 73.5 Å². The largest absolute Gasteiger partial charge is 0.493 e. The van der Waals surface area contributed by atoms with Gasteiger partial charge in [0.05, 0.1) is 17.7 Å². The molecule has 1 fully saturated rings. The van der Waals surface area contributed by atoms with Gasteiger partial charge in [0.2, 0.25) is 0 Å². The number of thioether (sulfide) groups is 1. The zero-order chi connectivity index (χ0) is 26.7. The highest BCUT2D eigenvalue weighted by molar-refractivity contribution is 9.10. The van der Waals surface area contributed by atoms with Gasteiger partial charge in [-0.1, -0.05) is 63.7 Å². The van der Waals surface area contributed by atoms with Gasteiger partial charge in [-0.25, -0.2) is 0 Å². The van der Waals surface area contributed by atoms with Crippen molar-refractivity contribution in [2.24, 2.45) is 0 Å². The second kappa shape index (κ2) is 11.5. The molecule has 2 amide bonds. The number of rotatable bonds is 7. The summed E-state index contributed by atoms with van der Waals surface area (Å²) in [5, 5.41) is 2.88. The van der Waals surface area contributed by atoms with Crippen molar-refractivity contribution in [3.05, 3.63) is 86.2 Å². The maximum atomic E-state index is 13.1. The minimum Gasteiger partial charge on any atom is -0.493 e. The van der Waals surface area contributed by atoms with Crippen molar-refractivity contribution in [2.75, 3.05) is 23.9 Å². The van der Waals surface area contributed by atoms with Crippen LogP contribution in [0, 0.1) is 20.8 Å². The number of hydrogen-bond donors (Lipinski definition) is 1. The van der Waals surface area contributed by atoms with E-state index in [1.807, 2.05) is 57.2 Å². The SMILES string of the molecule is COc1cc(/C=C2\SC(=S)N(c3ccc(C)cc3)C2=O)ccc1OCC(=O)Nc1ccc(Br)c(C)c1C. The number of amides is 2. The molecule has 4 rings (SSSR count). The molecule has 0 aromatic heterocycles. The average Bonchev–Trinajstić information content (AvgIpc) is 3.16. The third-order valence-corrected chi connectivity index (χ3v) is 8.09. The molecule has 37 heavy (non-hydrogen) atoms. The summed E-state index contributed by atoms with van der Waals surface area (Å²) in [6, 6.07) is 16.7. The first-order valence-corrected chi connectivity index (χ1v) is 13.4. The summed E-state index contributed by atoms with van der Waals surface area (Å²) in [7, 11) is 1.52. The van der Waals surface area contributed by atoms with E-state index in [2.05, 4.69) is 21.2 Å². The fourth-order valence-electron chi connectivity index (χ4n) is 3.68. The summed E-state index contributed by atoms with van der Waals surface area (Å²) >= 11 is 10.2. The van der Waals surface area contributed by atoms with Gasteiger partial charge < -0.3 is 14.8 Å². The van der Waals surface area contributed by atoms with Gasteiger partial charge >= 0.3 is 0 Å². The number of methoxy groups -OCH3 is 1. The second-order valence-electron chi connectivity index (χ2n) is 8.44. The van der Waals surface area contributed by atoms with E-state index in [1.54, 1.807) is 24.3 Å². The molecule has 1 aliphatic heterocycles. The summed E-state index contributed by atoms with van der Waals surface area (Å²) in [6.45, 7) is 5.75. The summed E-state index contributed by atoms with van der Waals surface area (Å²) in [5.74, 6) is 0.418. The number of aryl methyl sites for hydroxylation is 1. The molecule has 0 aliphatic carbocycles. The van der Waals surface area contributed by atoms with Crippen LogP contribution in [0.25, 0.3) is 6.08 Å². The Bertz CT molecular complexity index is 1420. The summed E-state index contributed by atoms with van der Waals surface area (Å²) < 4.78 is 12.7. The topological polar surface area (TPSA) is 67.9 Å². The van der Waals surface area contributed by atoms with Crippen LogP contribution in [0.2, 0.25) is 0 Å². The molecule has 3 aromatic carbocycles. The monoisotopic (exact) mass is 596 g/mol. The quantitative estimate of drug-likeness (QED) is 0.239. The highest BCUT2D eigenvalue weighted by atomic mass is 79.9. The molecule has 0 spiro atoms. The lowest BCUT2D eigenvalue weighted by Gasteiger charge is -2.14. The molecule has 0 radical (unpaired) electrons. The van der Waals surface area contributed by atoms with E-state index in [0.29, 0.717) is 20.7 Å². The van der Waals surface area contributed by atoms with Crippen LogP contribution in [-0.4, -0.2) is 29.9 Å². The molecular weight excluding hydrogens is 572 g/mol. The van der Waals surface area contributed by atoms with Crippen LogP contribution in [0.4, 0.5) is 11.4 Å². The van der Waals surface area contributed by atoms with Crippen LogP contribution in [-0.2, 0) is 9.59 Å². The Morgan fingerprint density at radius 1 is 1.05 bits per heavy atom. The van der Waals surface area contributed by atoms with Crippen molar-refractivity contribution in [3.8, 4) is 11.5 Å². The number of anilines is 2. The Balaban J connectivity index is 1.45. The Morgan fingerprint density at radius 2 is 1.78 bits per heavy atom. The number of carbonyl (C=O) groups excluding carboxylic acids is 2. The van der Waals surface area contributed by atoms with Gasteiger partial charge in [-0.3, -0.25) is 14.5 Å². The predicted molar refractivity (Wildman–Crippen MR) is 158 cm³/mol. The van der Waals surface area contributed by atoms with Gasteiger partial charge in [0, 0.05) is 10.2 Å². The van der Waals surface area contributed by atoms with E-state index in [9.17, 15) is 9.59 Å². The third-order valence-electron chi connectivity index (χ3n) is 5.93. The molecule has 0 saturated carbocycles. The molecule has 1 N–H and O–H groups in total. The van der Waals surface area contributed by atoms with Gasteiger partial charge in [-0.2, -0.15) is 0 Å². The zero-order valence-electron chi connectivity index (χ0n) is 20.8. The lowest BCUT2D eigenvalue weighted by Crippen LogP contribution is -2.27. The molecule has 1 aliphatic rings. The molecule has 190 valence electrons. The smallest absolute Gasteiger partial charge is 0.270 e. The number of halogens is 1. The van der Waals surface area contributed by atoms with E-state index >= 15 is 0 Å². The number of nitrogens with zero attached hydrogens (tertiary/aromatic N) is 1. The number of nitrogens with one attached hydrogen (secondary N) is 1. The van der Waals surface area contributed by atoms with Gasteiger partial charge in [0.1, 0.15) is 0 Å². The molecule has 0 bridgehead atoms. The minimum absolute atomic E-state index is 0.173. The third kappa shape index (κ3) is 6.06. The molecule has 9 heteroatoms. The van der Waals surface area contributed by atoms with Crippen molar-refractivity contribution in [1.29, 1.82) is 0 Å². The van der Waals surface area contributed by atoms with E-state index in [4.69, 9.17) is 21.7 Å². The first-order chi connectivity index (χ1) is 17.7. The second-order valence-corrected chi connectivity index (χ2v) is 11.0. The van der Waals surface area contributed by atoms with Gasteiger partial charge in [0.15, 0.2) is 22.4 Å². The van der Waals surface area contributed by atoms with E-state index in [-0.39, 0.29) is 18.4 Å². The Morgan fingerprint density at radius 3 is 2.49 bits per heavy atom. The van der Waals surface area contributed by atoms with Crippen molar-refractivity contribution in [2.45, 2.75) is 20.8 Å². The molecule has 3 aromatic rings. The Labute approximate surface area is 234 Å². The van der Waals surface area contributed by atoms with Crippen LogP contribution >= 0.6 is 39.9 Å². The fraction of sp³-hybridized carbons (Fsp3) is 0.179. The predicted octanol–water partition coefficient (Wildman–Crippen LogP) is 6.81. The molecule has 1 saturated heterocycles. The van der Waals surface area contributed by atoms with E-state index in [0.717, 1.165) is 38.1 Å². The average molecular weight is 598 g/mol. The molecular formula is C28H25BrN2O4S2. The van der Waals surface area contributed by atoms with E-state index in [1.165, 1.54) is 23.8 Å².